The number of carboxylic acid groups (broad SMARTS) is 1. The number of piperazine rings is 1. The molecule has 0 bridgehead atoms. The lowest BCUT2D eigenvalue weighted by Gasteiger charge is -2.34. The minimum Gasteiger partial charge on any atom is -0.480 e. The second-order valence-electron chi connectivity index (χ2n) is 7.99. The average Bonchev–Trinajstić information content (AvgIpc) is 2.82. The zero-order chi connectivity index (χ0) is 22.3. The first kappa shape index (κ1) is 21.9. The van der Waals surface area contributed by atoms with Gasteiger partial charge in [0.25, 0.3) is 0 Å². The first-order valence-electron chi connectivity index (χ1n) is 11.1. The molecule has 0 saturated carbocycles. The number of rotatable bonds is 9. The van der Waals surface area contributed by atoms with E-state index in [0.717, 1.165) is 55.9 Å². The molecule has 1 saturated heterocycles. The van der Waals surface area contributed by atoms with E-state index in [0.29, 0.717) is 24.6 Å². The third kappa shape index (κ3) is 5.28. The summed E-state index contributed by atoms with van der Waals surface area (Å²) in [6.07, 6.45) is 5.87. The molecule has 1 fully saturated rings. The third-order valence-corrected chi connectivity index (χ3v) is 5.68. The molecule has 2 aromatic heterocycles. The third-order valence-electron chi connectivity index (χ3n) is 5.68. The smallest absolute Gasteiger partial charge is 0.326 e. The van der Waals surface area contributed by atoms with Crippen LogP contribution in [0.4, 0.5) is 11.8 Å². The van der Waals surface area contributed by atoms with Crippen molar-refractivity contribution in [3.8, 4) is 0 Å². The van der Waals surface area contributed by atoms with E-state index in [4.69, 9.17) is 9.97 Å². The molecule has 9 heteroatoms. The van der Waals surface area contributed by atoms with E-state index in [1.54, 1.807) is 12.4 Å². The van der Waals surface area contributed by atoms with Crippen LogP contribution in [0.25, 0.3) is 10.9 Å². The van der Waals surface area contributed by atoms with Gasteiger partial charge in [-0.3, -0.25) is 4.90 Å². The summed E-state index contributed by atoms with van der Waals surface area (Å²) < 4.78 is 0. The summed E-state index contributed by atoms with van der Waals surface area (Å²) in [5, 5.41) is 13.7. The van der Waals surface area contributed by atoms with Gasteiger partial charge in [-0.05, 0) is 24.6 Å². The fraction of sp³-hybridized carbons (Fsp3) is 0.435. The zero-order valence-electron chi connectivity index (χ0n) is 18.3. The molecule has 1 aliphatic rings. The van der Waals surface area contributed by atoms with Gasteiger partial charge in [-0.2, -0.15) is 0 Å². The number of para-hydroxylation sites is 1. The molecule has 0 aliphatic carbocycles. The molecule has 168 valence electrons. The molecule has 9 nitrogen and oxygen atoms in total. The Morgan fingerprint density at radius 2 is 1.84 bits per heavy atom. The Bertz CT molecular complexity index is 1040. The highest BCUT2D eigenvalue weighted by molar-refractivity contribution is 5.90. The number of anilines is 2. The van der Waals surface area contributed by atoms with Crippen molar-refractivity contribution in [2.45, 2.75) is 38.8 Å². The summed E-state index contributed by atoms with van der Waals surface area (Å²) in [4.78, 5) is 34.4. The summed E-state index contributed by atoms with van der Waals surface area (Å²) in [6.45, 7) is 6.04. The van der Waals surface area contributed by atoms with Crippen LogP contribution >= 0.6 is 0 Å². The van der Waals surface area contributed by atoms with Crippen LogP contribution in [0, 0.1) is 0 Å². The Labute approximate surface area is 187 Å². The number of aliphatic carboxylic acids is 1. The summed E-state index contributed by atoms with van der Waals surface area (Å²) in [5.41, 5.74) is 0.816. The van der Waals surface area contributed by atoms with E-state index in [1.807, 2.05) is 30.3 Å². The van der Waals surface area contributed by atoms with Gasteiger partial charge in [-0.15, -0.1) is 0 Å². The molecular weight excluding hydrogens is 406 g/mol. The Morgan fingerprint density at radius 1 is 1.09 bits per heavy atom. The molecule has 3 heterocycles. The van der Waals surface area contributed by atoms with Crippen molar-refractivity contribution in [3.63, 3.8) is 0 Å². The number of carbonyl (C=O) groups is 1. The molecule has 0 amide bonds. The minimum absolute atomic E-state index is 0.559. The monoisotopic (exact) mass is 435 g/mol. The summed E-state index contributed by atoms with van der Waals surface area (Å²) in [5.74, 6) is 1.18. The topological polar surface area (TPSA) is 107 Å². The van der Waals surface area contributed by atoms with Crippen molar-refractivity contribution < 1.29 is 9.90 Å². The highest BCUT2D eigenvalue weighted by Gasteiger charge is 2.22. The van der Waals surface area contributed by atoms with Gasteiger partial charge < -0.3 is 15.3 Å². The molecule has 3 aromatic rings. The maximum Gasteiger partial charge on any atom is 0.326 e. The molecule has 1 aliphatic heterocycles. The second kappa shape index (κ2) is 10.3. The molecule has 1 atom stereocenters. The standard InChI is InChI=1S/C23H29N7O2/c1-2-3-8-19(22(31)32)27-21-17-7-4-5-9-18(17)26-20(28-21)16-29-12-14-30(15-13-29)23-24-10-6-11-25-23/h4-7,9-11,19H,2-3,8,12-16H2,1H3,(H,31,32)(H,26,27,28). The highest BCUT2D eigenvalue weighted by Crippen LogP contribution is 2.23. The Morgan fingerprint density at radius 3 is 2.56 bits per heavy atom. The maximum atomic E-state index is 11.8. The van der Waals surface area contributed by atoms with Crippen LogP contribution in [0.1, 0.15) is 32.0 Å². The first-order chi connectivity index (χ1) is 15.6. The molecule has 1 aromatic carbocycles. The van der Waals surface area contributed by atoms with Gasteiger partial charge in [-0.25, -0.2) is 24.7 Å². The van der Waals surface area contributed by atoms with E-state index >= 15 is 0 Å². The van der Waals surface area contributed by atoms with Crippen LogP contribution in [0.2, 0.25) is 0 Å². The van der Waals surface area contributed by atoms with Gasteiger partial charge >= 0.3 is 5.97 Å². The molecule has 4 rings (SSSR count). The lowest BCUT2D eigenvalue weighted by atomic mass is 10.1. The number of benzene rings is 1. The lowest BCUT2D eigenvalue weighted by molar-refractivity contribution is -0.138. The predicted octanol–water partition coefficient (Wildman–Crippen LogP) is 2.80. The van der Waals surface area contributed by atoms with E-state index in [1.165, 1.54) is 0 Å². The lowest BCUT2D eigenvalue weighted by Crippen LogP contribution is -2.46. The number of unbranched alkanes of at least 4 members (excludes halogenated alkanes) is 1. The van der Waals surface area contributed by atoms with Crippen LogP contribution in [-0.2, 0) is 11.3 Å². The fourth-order valence-corrected chi connectivity index (χ4v) is 3.90. The summed E-state index contributed by atoms with van der Waals surface area (Å²) in [6, 6.07) is 8.88. The van der Waals surface area contributed by atoms with Gasteiger partial charge in [0.15, 0.2) is 0 Å². The van der Waals surface area contributed by atoms with Crippen LogP contribution in [-0.4, -0.2) is 68.1 Å². The highest BCUT2D eigenvalue weighted by atomic mass is 16.4. The number of carboxylic acids is 1. The van der Waals surface area contributed by atoms with Gasteiger partial charge in [0, 0.05) is 44.0 Å². The second-order valence-corrected chi connectivity index (χ2v) is 7.99. The summed E-state index contributed by atoms with van der Waals surface area (Å²) >= 11 is 0. The maximum absolute atomic E-state index is 11.8. The van der Waals surface area contributed by atoms with E-state index in [-0.39, 0.29) is 0 Å². The van der Waals surface area contributed by atoms with Crippen molar-refractivity contribution in [2.24, 2.45) is 0 Å². The number of fused-ring (bicyclic) bond motifs is 1. The SMILES string of the molecule is CCCCC(Nc1nc(CN2CCN(c3ncccn3)CC2)nc2ccccc12)C(=O)O. The molecule has 32 heavy (non-hydrogen) atoms. The number of hydrogen-bond acceptors (Lipinski definition) is 8. The first-order valence-corrected chi connectivity index (χ1v) is 11.1. The van der Waals surface area contributed by atoms with E-state index in [2.05, 4.69) is 32.0 Å². The van der Waals surface area contributed by atoms with E-state index < -0.39 is 12.0 Å². The normalized spacial score (nSPS) is 15.6. The Hall–Kier alpha value is -3.33. The molecule has 0 radical (unpaired) electrons. The molecule has 2 N–H and O–H groups in total. The molecule has 0 spiro atoms. The van der Waals surface area contributed by atoms with Crippen LogP contribution in [0.5, 0.6) is 0 Å². The number of aromatic nitrogens is 4. The van der Waals surface area contributed by atoms with Gasteiger partial charge in [0.1, 0.15) is 17.7 Å². The van der Waals surface area contributed by atoms with E-state index in [9.17, 15) is 9.90 Å². The Balaban J connectivity index is 1.49. The van der Waals surface area contributed by atoms with Crippen molar-refractivity contribution in [1.29, 1.82) is 0 Å². The average molecular weight is 436 g/mol. The predicted molar refractivity (Wildman–Crippen MR) is 124 cm³/mol. The van der Waals surface area contributed by atoms with Crippen LogP contribution in [0.15, 0.2) is 42.7 Å². The number of nitrogens with zero attached hydrogens (tertiary/aromatic N) is 6. The molecular formula is C23H29N7O2. The molecule has 1 unspecified atom stereocenters. The van der Waals surface area contributed by atoms with Crippen LogP contribution < -0.4 is 10.2 Å². The zero-order valence-corrected chi connectivity index (χ0v) is 18.3. The quantitative estimate of drug-likeness (QED) is 0.524. The van der Waals surface area contributed by atoms with Crippen LogP contribution in [0.3, 0.4) is 0 Å². The van der Waals surface area contributed by atoms with Gasteiger partial charge in [-0.1, -0.05) is 31.9 Å². The van der Waals surface area contributed by atoms with Crippen molar-refractivity contribution in [2.75, 3.05) is 36.4 Å². The minimum atomic E-state index is -0.859. The largest absolute Gasteiger partial charge is 0.480 e. The fourth-order valence-electron chi connectivity index (χ4n) is 3.90. The van der Waals surface area contributed by atoms with Gasteiger partial charge in [0.2, 0.25) is 5.95 Å². The van der Waals surface area contributed by atoms with Crippen molar-refractivity contribution in [3.05, 3.63) is 48.5 Å². The van der Waals surface area contributed by atoms with Crippen molar-refractivity contribution >= 4 is 28.6 Å². The number of nitrogens with one attached hydrogen (secondary N) is 1. The summed E-state index contributed by atoms with van der Waals surface area (Å²) in [7, 11) is 0. The Kier molecular flexibility index (Phi) is 7.06. The number of hydrogen-bond donors (Lipinski definition) is 2. The van der Waals surface area contributed by atoms with Crippen molar-refractivity contribution in [1.82, 2.24) is 24.8 Å². The van der Waals surface area contributed by atoms with Gasteiger partial charge in [0.05, 0.1) is 12.1 Å².